The number of hydrogen-bond acceptors (Lipinski definition) is 4. The highest BCUT2D eigenvalue weighted by atomic mass is 35.5. The fraction of sp³-hybridized carbons (Fsp3) is 0.176. The van der Waals surface area contributed by atoms with Crippen LogP contribution in [0.15, 0.2) is 42.6 Å². The second-order valence-corrected chi connectivity index (χ2v) is 4.87. The monoisotopic (exact) mass is 332 g/mol. The van der Waals surface area contributed by atoms with Gasteiger partial charge in [0.05, 0.1) is 19.4 Å². The average molecular weight is 333 g/mol. The molecule has 1 amide bonds. The van der Waals surface area contributed by atoms with Gasteiger partial charge in [0.25, 0.3) is 0 Å². The van der Waals surface area contributed by atoms with Crippen molar-refractivity contribution in [3.05, 3.63) is 53.3 Å². The van der Waals surface area contributed by atoms with E-state index in [1.807, 2.05) is 13.0 Å². The van der Waals surface area contributed by atoms with Crippen molar-refractivity contribution in [1.29, 1.82) is 0 Å². The molecule has 0 fully saturated rings. The van der Waals surface area contributed by atoms with Crippen LogP contribution in [0.4, 0.5) is 5.69 Å². The Bertz CT molecular complexity index is 717. The third-order valence-electron chi connectivity index (χ3n) is 2.93. The second kappa shape index (κ2) is 8.19. The zero-order valence-corrected chi connectivity index (χ0v) is 13.6. The molecule has 6 heteroatoms. The second-order valence-electron chi connectivity index (χ2n) is 4.51. The predicted octanol–water partition coefficient (Wildman–Crippen LogP) is 3.79. The lowest BCUT2D eigenvalue weighted by atomic mass is 10.2. The molecule has 0 saturated carbocycles. The maximum Gasteiger partial charge on any atom is 0.248 e. The van der Waals surface area contributed by atoms with Crippen LogP contribution in [0.2, 0.25) is 5.15 Å². The van der Waals surface area contributed by atoms with E-state index < -0.39 is 0 Å². The topological polar surface area (TPSA) is 60.5 Å². The molecular formula is C17H17ClN2O3. The molecular weight excluding hydrogens is 316 g/mol. The Hall–Kier alpha value is -2.53. The van der Waals surface area contributed by atoms with Crippen LogP contribution in [0, 0.1) is 0 Å². The van der Waals surface area contributed by atoms with Gasteiger partial charge in [-0.1, -0.05) is 17.7 Å². The summed E-state index contributed by atoms with van der Waals surface area (Å²) in [4.78, 5) is 15.8. The molecule has 0 aliphatic carbocycles. The Morgan fingerprint density at radius 1 is 1.35 bits per heavy atom. The number of amides is 1. The molecule has 0 aliphatic rings. The molecule has 0 spiro atoms. The smallest absolute Gasteiger partial charge is 0.248 e. The molecule has 0 aliphatic heterocycles. The Balaban J connectivity index is 2.07. The number of nitrogens with zero attached hydrogens (tertiary/aromatic N) is 1. The van der Waals surface area contributed by atoms with Crippen molar-refractivity contribution in [3.8, 4) is 11.5 Å². The molecule has 0 unspecified atom stereocenters. The molecule has 120 valence electrons. The van der Waals surface area contributed by atoms with E-state index in [2.05, 4.69) is 10.3 Å². The van der Waals surface area contributed by atoms with E-state index in [0.29, 0.717) is 23.8 Å². The molecule has 1 N–H and O–H groups in total. The van der Waals surface area contributed by atoms with Crippen molar-refractivity contribution in [2.45, 2.75) is 6.92 Å². The summed E-state index contributed by atoms with van der Waals surface area (Å²) in [6, 6.07) is 8.82. The SMILES string of the molecule is CCOc1ccc(/C=C/C(=O)Nc2cccnc2Cl)cc1OC. The summed E-state index contributed by atoms with van der Waals surface area (Å²) in [7, 11) is 1.57. The first-order valence-corrected chi connectivity index (χ1v) is 7.42. The zero-order valence-electron chi connectivity index (χ0n) is 12.9. The van der Waals surface area contributed by atoms with Gasteiger partial charge in [-0.2, -0.15) is 0 Å². The maximum atomic E-state index is 11.9. The van der Waals surface area contributed by atoms with E-state index >= 15 is 0 Å². The Labute approximate surface area is 139 Å². The lowest BCUT2D eigenvalue weighted by Gasteiger charge is -2.09. The first-order valence-electron chi connectivity index (χ1n) is 7.04. The molecule has 0 saturated heterocycles. The van der Waals surface area contributed by atoms with Crippen LogP contribution in [0.25, 0.3) is 6.08 Å². The van der Waals surface area contributed by atoms with Crippen molar-refractivity contribution >= 4 is 29.3 Å². The quantitative estimate of drug-likeness (QED) is 0.645. The van der Waals surface area contributed by atoms with E-state index in [-0.39, 0.29) is 11.1 Å². The lowest BCUT2D eigenvalue weighted by Crippen LogP contribution is -2.08. The largest absolute Gasteiger partial charge is 0.493 e. The van der Waals surface area contributed by atoms with Crippen molar-refractivity contribution in [2.24, 2.45) is 0 Å². The number of nitrogens with one attached hydrogen (secondary N) is 1. The van der Waals surface area contributed by atoms with Crippen LogP contribution in [-0.2, 0) is 4.79 Å². The minimum Gasteiger partial charge on any atom is -0.493 e. The maximum absolute atomic E-state index is 11.9. The summed E-state index contributed by atoms with van der Waals surface area (Å²) in [6.45, 7) is 2.46. The highest BCUT2D eigenvalue weighted by molar-refractivity contribution is 6.32. The predicted molar refractivity (Wildman–Crippen MR) is 91.1 cm³/mol. The third kappa shape index (κ3) is 4.72. The number of anilines is 1. The normalized spacial score (nSPS) is 10.6. The van der Waals surface area contributed by atoms with Crippen molar-refractivity contribution < 1.29 is 14.3 Å². The number of carbonyl (C=O) groups is 1. The summed E-state index contributed by atoms with van der Waals surface area (Å²) in [5.41, 5.74) is 1.28. The number of halogens is 1. The zero-order chi connectivity index (χ0) is 16.7. The minimum atomic E-state index is -0.298. The lowest BCUT2D eigenvalue weighted by molar-refractivity contribution is -0.111. The van der Waals surface area contributed by atoms with Crippen LogP contribution in [-0.4, -0.2) is 24.6 Å². The minimum absolute atomic E-state index is 0.247. The van der Waals surface area contributed by atoms with E-state index in [1.54, 1.807) is 43.6 Å². The highest BCUT2D eigenvalue weighted by Gasteiger charge is 2.05. The fourth-order valence-electron chi connectivity index (χ4n) is 1.89. The number of methoxy groups -OCH3 is 1. The molecule has 5 nitrogen and oxygen atoms in total. The molecule has 2 aromatic rings. The number of carbonyl (C=O) groups excluding carboxylic acids is 1. The first-order chi connectivity index (χ1) is 11.1. The van der Waals surface area contributed by atoms with Crippen molar-refractivity contribution in [2.75, 3.05) is 19.0 Å². The van der Waals surface area contributed by atoms with E-state index in [0.717, 1.165) is 5.56 Å². The number of pyridine rings is 1. The Morgan fingerprint density at radius 3 is 2.87 bits per heavy atom. The third-order valence-corrected chi connectivity index (χ3v) is 3.23. The van der Waals surface area contributed by atoms with Crippen molar-refractivity contribution in [1.82, 2.24) is 4.98 Å². The molecule has 1 aromatic heterocycles. The van der Waals surface area contributed by atoms with Crippen LogP contribution in [0.3, 0.4) is 0 Å². The number of hydrogen-bond donors (Lipinski definition) is 1. The molecule has 0 radical (unpaired) electrons. The van der Waals surface area contributed by atoms with Gasteiger partial charge in [-0.15, -0.1) is 0 Å². The number of aromatic nitrogens is 1. The molecule has 1 heterocycles. The number of ether oxygens (including phenoxy) is 2. The van der Waals surface area contributed by atoms with E-state index in [4.69, 9.17) is 21.1 Å². The summed E-state index contributed by atoms with van der Waals surface area (Å²) in [5, 5.41) is 2.91. The summed E-state index contributed by atoms with van der Waals surface area (Å²) in [6.07, 6.45) is 4.65. The molecule has 23 heavy (non-hydrogen) atoms. The summed E-state index contributed by atoms with van der Waals surface area (Å²) >= 11 is 5.89. The number of benzene rings is 1. The standard InChI is InChI=1S/C17H17ClN2O3/c1-3-23-14-8-6-12(11-15(14)22-2)7-9-16(21)20-13-5-4-10-19-17(13)18/h4-11H,3H2,1-2H3,(H,20,21)/b9-7+. The Kier molecular flexibility index (Phi) is 6.00. The molecule has 0 atom stereocenters. The van der Waals surface area contributed by atoms with Gasteiger partial charge in [-0.3, -0.25) is 4.79 Å². The van der Waals surface area contributed by atoms with Gasteiger partial charge in [0.15, 0.2) is 16.7 Å². The van der Waals surface area contributed by atoms with Crippen LogP contribution in [0.1, 0.15) is 12.5 Å². The average Bonchev–Trinajstić information content (AvgIpc) is 2.56. The van der Waals surface area contributed by atoms with Crippen molar-refractivity contribution in [3.63, 3.8) is 0 Å². The Morgan fingerprint density at radius 2 is 2.17 bits per heavy atom. The van der Waals surface area contributed by atoms with Crippen LogP contribution >= 0.6 is 11.6 Å². The number of rotatable bonds is 6. The highest BCUT2D eigenvalue weighted by Crippen LogP contribution is 2.28. The molecule has 0 bridgehead atoms. The van der Waals surface area contributed by atoms with Gasteiger partial charge < -0.3 is 14.8 Å². The first kappa shape index (κ1) is 16.8. The summed E-state index contributed by atoms with van der Waals surface area (Å²) < 4.78 is 10.7. The van der Waals surface area contributed by atoms with Gasteiger partial charge >= 0.3 is 0 Å². The van der Waals surface area contributed by atoms with E-state index in [9.17, 15) is 4.79 Å². The fourth-order valence-corrected chi connectivity index (χ4v) is 2.05. The van der Waals surface area contributed by atoms with Crippen LogP contribution in [0.5, 0.6) is 11.5 Å². The van der Waals surface area contributed by atoms with Gasteiger partial charge in [-0.25, -0.2) is 4.98 Å². The van der Waals surface area contributed by atoms with Crippen LogP contribution < -0.4 is 14.8 Å². The van der Waals surface area contributed by atoms with Gasteiger partial charge in [0, 0.05) is 12.3 Å². The van der Waals surface area contributed by atoms with Gasteiger partial charge in [0.1, 0.15) is 0 Å². The summed E-state index contributed by atoms with van der Waals surface area (Å²) in [5.74, 6) is 0.983. The van der Waals surface area contributed by atoms with Gasteiger partial charge in [-0.05, 0) is 42.8 Å². The molecule has 2 rings (SSSR count). The molecule has 1 aromatic carbocycles. The van der Waals surface area contributed by atoms with Gasteiger partial charge in [0.2, 0.25) is 5.91 Å². The van der Waals surface area contributed by atoms with E-state index in [1.165, 1.54) is 6.08 Å².